The van der Waals surface area contributed by atoms with Gasteiger partial charge in [-0.3, -0.25) is 14.4 Å². The normalized spacial score (nSPS) is 15.2. The average Bonchev–Trinajstić information content (AvgIpc) is 2.81. The number of phenols is 1. The number of carboxylic acids is 1. The molecule has 0 radical (unpaired) electrons. The summed E-state index contributed by atoms with van der Waals surface area (Å²) >= 11 is 0. The lowest BCUT2D eigenvalue weighted by Gasteiger charge is -2.25. The van der Waals surface area contributed by atoms with Crippen LogP contribution in [0.15, 0.2) is 24.3 Å². The van der Waals surface area contributed by atoms with E-state index < -0.39 is 60.6 Å². The fraction of sp³-hybridized carbons (Fsp3) is 0.545. The third-order valence-electron chi connectivity index (χ3n) is 5.21. The zero-order valence-corrected chi connectivity index (χ0v) is 19.5. The molecular formula is C22H35N5O8. The number of carbonyl (C=O) groups excluding carboxylic acids is 3. The number of rotatable bonds is 15. The summed E-state index contributed by atoms with van der Waals surface area (Å²) in [7, 11) is 0. The van der Waals surface area contributed by atoms with E-state index in [0.29, 0.717) is 24.9 Å². The lowest BCUT2D eigenvalue weighted by molar-refractivity contribution is -0.142. The van der Waals surface area contributed by atoms with Crippen molar-refractivity contribution in [2.24, 2.45) is 11.5 Å². The summed E-state index contributed by atoms with van der Waals surface area (Å²) in [5, 5.41) is 45.0. The quantitative estimate of drug-likeness (QED) is 0.114. The molecule has 35 heavy (non-hydrogen) atoms. The van der Waals surface area contributed by atoms with Gasteiger partial charge in [-0.05, 0) is 50.4 Å². The Morgan fingerprint density at radius 2 is 1.46 bits per heavy atom. The molecule has 0 saturated heterocycles. The van der Waals surface area contributed by atoms with Crippen LogP contribution < -0.4 is 27.4 Å². The van der Waals surface area contributed by atoms with Crippen molar-refractivity contribution in [1.29, 1.82) is 0 Å². The van der Waals surface area contributed by atoms with Gasteiger partial charge in [0.25, 0.3) is 0 Å². The van der Waals surface area contributed by atoms with Crippen LogP contribution in [0.2, 0.25) is 0 Å². The highest BCUT2D eigenvalue weighted by Crippen LogP contribution is 2.12. The highest BCUT2D eigenvalue weighted by molar-refractivity contribution is 5.94. The van der Waals surface area contributed by atoms with Crippen molar-refractivity contribution in [1.82, 2.24) is 16.0 Å². The molecule has 0 bridgehead atoms. The Kier molecular flexibility index (Phi) is 12.7. The number of aliphatic hydroxyl groups excluding tert-OH is 2. The molecule has 0 heterocycles. The molecule has 11 N–H and O–H groups in total. The molecule has 13 heteroatoms. The van der Waals surface area contributed by atoms with E-state index in [1.165, 1.54) is 31.2 Å². The number of amides is 3. The highest BCUT2D eigenvalue weighted by atomic mass is 16.4. The first-order valence-corrected chi connectivity index (χ1v) is 11.2. The number of carbonyl (C=O) groups is 4. The molecule has 1 rings (SSSR count). The van der Waals surface area contributed by atoms with E-state index in [-0.39, 0.29) is 18.6 Å². The minimum absolute atomic E-state index is 0.00798. The number of benzene rings is 1. The number of aliphatic carboxylic acids is 1. The minimum Gasteiger partial charge on any atom is -0.508 e. The van der Waals surface area contributed by atoms with Gasteiger partial charge in [-0.2, -0.15) is 0 Å². The first kappa shape index (κ1) is 29.8. The average molecular weight is 498 g/mol. The van der Waals surface area contributed by atoms with E-state index in [1.54, 1.807) is 0 Å². The second-order valence-electron chi connectivity index (χ2n) is 8.13. The number of unbranched alkanes of at least 4 members (excludes halogenated alkanes) is 1. The Hall–Kier alpha value is -3.26. The van der Waals surface area contributed by atoms with Crippen molar-refractivity contribution >= 4 is 23.7 Å². The monoisotopic (exact) mass is 497 g/mol. The maximum absolute atomic E-state index is 12.9. The molecule has 0 aliphatic carbocycles. The lowest BCUT2D eigenvalue weighted by atomic mass is 10.0. The topological polar surface area (TPSA) is 237 Å². The molecule has 0 fully saturated rings. The standard InChI is InChI=1S/C22H35N5O8/c1-12(29)18(24)21(33)26-16(10-13-5-7-14(30)8-6-13)19(31)27-17(11-28)20(32)25-15(22(34)35)4-2-3-9-23/h5-8,12,15-18,28-30H,2-4,9-11,23-24H2,1H3,(H,25,32)(H,26,33)(H,27,31)(H,34,35)/t12-,15-,16-,17-,18-/m0/s1. The fourth-order valence-electron chi connectivity index (χ4n) is 3.05. The fourth-order valence-corrected chi connectivity index (χ4v) is 3.05. The second kappa shape index (κ2) is 14.9. The number of aromatic hydroxyl groups is 1. The van der Waals surface area contributed by atoms with E-state index in [2.05, 4.69) is 16.0 Å². The van der Waals surface area contributed by atoms with Crippen molar-refractivity contribution in [3.05, 3.63) is 29.8 Å². The molecule has 3 amide bonds. The SMILES string of the molecule is C[C@H](O)[C@H](N)C(=O)N[C@@H](Cc1ccc(O)cc1)C(=O)N[C@@H](CO)C(=O)N[C@@H](CCCCN)C(=O)O. The second-order valence-corrected chi connectivity index (χ2v) is 8.13. The Morgan fingerprint density at radius 1 is 0.914 bits per heavy atom. The van der Waals surface area contributed by atoms with Gasteiger partial charge >= 0.3 is 5.97 Å². The molecule has 0 aliphatic heterocycles. The van der Waals surface area contributed by atoms with Crippen LogP contribution in [0.1, 0.15) is 31.7 Å². The summed E-state index contributed by atoms with van der Waals surface area (Å²) in [6.07, 6.45) is -0.140. The Bertz CT molecular complexity index is 849. The van der Waals surface area contributed by atoms with Crippen molar-refractivity contribution in [3.63, 3.8) is 0 Å². The van der Waals surface area contributed by atoms with Crippen molar-refractivity contribution < 1.29 is 39.6 Å². The summed E-state index contributed by atoms with van der Waals surface area (Å²) in [6, 6.07) is 0.477. The zero-order valence-electron chi connectivity index (χ0n) is 19.5. The number of carboxylic acid groups (broad SMARTS) is 1. The van der Waals surface area contributed by atoms with E-state index >= 15 is 0 Å². The summed E-state index contributed by atoms with van der Waals surface area (Å²) in [4.78, 5) is 49.3. The van der Waals surface area contributed by atoms with E-state index in [9.17, 15) is 39.6 Å². The van der Waals surface area contributed by atoms with Gasteiger partial charge in [0.15, 0.2) is 0 Å². The van der Waals surface area contributed by atoms with Gasteiger partial charge < -0.3 is 47.8 Å². The van der Waals surface area contributed by atoms with Gasteiger partial charge in [-0.15, -0.1) is 0 Å². The Morgan fingerprint density at radius 3 is 1.97 bits per heavy atom. The number of phenolic OH excluding ortho intramolecular Hbond substituents is 1. The predicted octanol–water partition coefficient (Wildman–Crippen LogP) is -2.70. The first-order valence-electron chi connectivity index (χ1n) is 11.2. The largest absolute Gasteiger partial charge is 0.508 e. The zero-order chi connectivity index (χ0) is 26.5. The smallest absolute Gasteiger partial charge is 0.326 e. The molecule has 0 spiro atoms. The molecule has 0 aromatic heterocycles. The van der Waals surface area contributed by atoms with Gasteiger partial charge in [0.05, 0.1) is 12.7 Å². The van der Waals surface area contributed by atoms with Crippen LogP contribution in [0, 0.1) is 0 Å². The van der Waals surface area contributed by atoms with E-state index in [0.717, 1.165) is 0 Å². The van der Waals surface area contributed by atoms with Crippen LogP contribution in [0.25, 0.3) is 0 Å². The highest BCUT2D eigenvalue weighted by Gasteiger charge is 2.30. The van der Waals surface area contributed by atoms with Gasteiger partial charge in [-0.25, -0.2) is 4.79 Å². The third kappa shape index (κ3) is 10.3. The van der Waals surface area contributed by atoms with Crippen LogP contribution in [-0.4, -0.2) is 87.5 Å². The Labute approximate surface area is 202 Å². The maximum atomic E-state index is 12.9. The molecular weight excluding hydrogens is 462 g/mol. The van der Waals surface area contributed by atoms with Gasteiger partial charge in [-0.1, -0.05) is 12.1 Å². The number of nitrogens with two attached hydrogens (primary N) is 2. The molecule has 0 aliphatic rings. The summed E-state index contributed by atoms with van der Waals surface area (Å²) in [5.41, 5.74) is 11.6. The number of hydrogen-bond acceptors (Lipinski definition) is 9. The number of nitrogens with one attached hydrogen (secondary N) is 3. The van der Waals surface area contributed by atoms with Crippen LogP contribution in [0.5, 0.6) is 5.75 Å². The summed E-state index contributed by atoms with van der Waals surface area (Å²) in [6.45, 7) is 0.833. The summed E-state index contributed by atoms with van der Waals surface area (Å²) < 4.78 is 0. The van der Waals surface area contributed by atoms with Crippen molar-refractivity contribution in [3.8, 4) is 5.75 Å². The van der Waals surface area contributed by atoms with Crippen LogP contribution in [-0.2, 0) is 25.6 Å². The number of aliphatic hydroxyl groups is 2. The Balaban J connectivity index is 2.97. The maximum Gasteiger partial charge on any atom is 0.326 e. The van der Waals surface area contributed by atoms with Crippen LogP contribution in [0.4, 0.5) is 0 Å². The molecule has 0 saturated carbocycles. The minimum atomic E-state index is -1.50. The summed E-state index contributed by atoms with van der Waals surface area (Å²) in [5.74, 6) is -3.88. The number of hydrogen-bond donors (Lipinski definition) is 9. The van der Waals surface area contributed by atoms with Gasteiger partial charge in [0.2, 0.25) is 17.7 Å². The van der Waals surface area contributed by atoms with Gasteiger partial charge in [0, 0.05) is 6.42 Å². The predicted molar refractivity (Wildman–Crippen MR) is 125 cm³/mol. The van der Waals surface area contributed by atoms with E-state index in [4.69, 9.17) is 11.5 Å². The molecule has 1 aromatic rings. The molecule has 5 atom stereocenters. The molecule has 0 unspecified atom stereocenters. The van der Waals surface area contributed by atoms with Crippen LogP contribution >= 0.6 is 0 Å². The first-order chi connectivity index (χ1) is 16.5. The van der Waals surface area contributed by atoms with Gasteiger partial charge in [0.1, 0.15) is 29.9 Å². The van der Waals surface area contributed by atoms with E-state index in [1.807, 2.05) is 0 Å². The van der Waals surface area contributed by atoms with Crippen LogP contribution in [0.3, 0.4) is 0 Å². The lowest BCUT2D eigenvalue weighted by Crippen LogP contribution is -2.59. The van der Waals surface area contributed by atoms with Crippen molar-refractivity contribution in [2.45, 2.75) is 62.9 Å². The molecule has 1 aromatic carbocycles. The van der Waals surface area contributed by atoms with Crippen molar-refractivity contribution in [2.75, 3.05) is 13.2 Å². The molecule has 13 nitrogen and oxygen atoms in total. The third-order valence-corrected chi connectivity index (χ3v) is 5.21. The molecule has 196 valence electrons.